The first-order chi connectivity index (χ1) is 9.15. The molecule has 0 radical (unpaired) electrons. The second-order valence-electron chi connectivity index (χ2n) is 4.28. The molecule has 3 aromatic rings. The lowest BCUT2D eigenvalue weighted by atomic mass is 10.2. The van der Waals surface area contributed by atoms with Crippen molar-refractivity contribution in [1.82, 2.24) is 14.7 Å². The van der Waals surface area contributed by atoms with E-state index in [1.807, 2.05) is 13.0 Å². The highest BCUT2D eigenvalue weighted by Crippen LogP contribution is 2.19. The van der Waals surface area contributed by atoms with Gasteiger partial charge in [0.2, 0.25) is 0 Å². The van der Waals surface area contributed by atoms with E-state index in [1.54, 1.807) is 29.1 Å². The molecule has 0 fully saturated rings. The quantitative estimate of drug-likeness (QED) is 0.776. The summed E-state index contributed by atoms with van der Waals surface area (Å²) in [7, 11) is 0. The largest absolute Gasteiger partial charge is 0.478 e. The number of aromatic carboxylic acids is 1. The van der Waals surface area contributed by atoms with Crippen molar-refractivity contribution in [3.63, 3.8) is 0 Å². The number of carbonyl (C=O) groups is 1. The number of hydrogen-bond acceptors (Lipinski definition) is 4. The van der Waals surface area contributed by atoms with Crippen LogP contribution in [0.2, 0.25) is 0 Å². The number of aromatic nitrogens is 3. The molecule has 0 spiro atoms. The van der Waals surface area contributed by atoms with Crippen molar-refractivity contribution in [3.8, 4) is 0 Å². The van der Waals surface area contributed by atoms with Crippen LogP contribution in [0.25, 0.3) is 11.0 Å². The molecule has 0 aliphatic heterocycles. The van der Waals surface area contributed by atoms with E-state index in [4.69, 9.17) is 4.52 Å². The van der Waals surface area contributed by atoms with Crippen LogP contribution in [0.15, 0.2) is 35.1 Å². The Labute approximate surface area is 108 Å². The van der Waals surface area contributed by atoms with Gasteiger partial charge in [0.1, 0.15) is 11.5 Å². The number of para-hydroxylation sites is 1. The molecule has 19 heavy (non-hydrogen) atoms. The lowest BCUT2D eigenvalue weighted by Crippen LogP contribution is -2.04. The second kappa shape index (κ2) is 4.24. The maximum atomic E-state index is 11.2. The number of nitrogens with zero attached hydrogens (tertiary/aromatic N) is 3. The van der Waals surface area contributed by atoms with E-state index in [2.05, 4.69) is 10.1 Å². The molecule has 6 heteroatoms. The number of benzene rings is 1. The van der Waals surface area contributed by atoms with Crippen LogP contribution in [0.3, 0.4) is 0 Å². The Morgan fingerprint density at radius 2 is 2.32 bits per heavy atom. The Balaban J connectivity index is 2.11. The van der Waals surface area contributed by atoms with Crippen LogP contribution in [0.1, 0.15) is 21.8 Å². The average Bonchev–Trinajstić information content (AvgIpc) is 2.97. The predicted molar refractivity (Wildman–Crippen MR) is 67.0 cm³/mol. The van der Waals surface area contributed by atoms with Crippen molar-refractivity contribution < 1.29 is 14.4 Å². The van der Waals surface area contributed by atoms with Crippen LogP contribution in [-0.4, -0.2) is 25.8 Å². The van der Waals surface area contributed by atoms with E-state index < -0.39 is 5.97 Å². The summed E-state index contributed by atoms with van der Waals surface area (Å²) in [5, 5.41) is 13.1. The van der Waals surface area contributed by atoms with E-state index >= 15 is 0 Å². The van der Waals surface area contributed by atoms with Gasteiger partial charge in [-0.1, -0.05) is 11.2 Å². The number of aryl methyl sites for hydroxylation is 1. The number of imidazole rings is 1. The second-order valence-corrected chi connectivity index (χ2v) is 4.28. The molecule has 0 bridgehead atoms. The molecule has 3 rings (SSSR count). The van der Waals surface area contributed by atoms with Gasteiger partial charge in [-0.25, -0.2) is 9.78 Å². The van der Waals surface area contributed by atoms with E-state index in [0.717, 1.165) is 11.5 Å². The van der Waals surface area contributed by atoms with E-state index in [1.165, 1.54) is 0 Å². The van der Waals surface area contributed by atoms with Crippen LogP contribution < -0.4 is 0 Å². The van der Waals surface area contributed by atoms with Crippen molar-refractivity contribution in [2.45, 2.75) is 13.5 Å². The van der Waals surface area contributed by atoms with E-state index in [0.29, 0.717) is 17.6 Å². The number of rotatable bonds is 3. The fraction of sp³-hybridized carbons (Fsp3) is 0.154. The summed E-state index contributed by atoms with van der Waals surface area (Å²) in [5.74, 6) is -0.249. The third-order valence-corrected chi connectivity index (χ3v) is 2.88. The molecule has 0 aliphatic rings. The van der Waals surface area contributed by atoms with Crippen molar-refractivity contribution >= 4 is 17.0 Å². The molecule has 0 saturated heterocycles. The molecule has 96 valence electrons. The number of fused-ring (bicyclic) bond motifs is 1. The molecule has 0 aliphatic carbocycles. The van der Waals surface area contributed by atoms with Gasteiger partial charge in [-0.3, -0.25) is 0 Å². The summed E-state index contributed by atoms with van der Waals surface area (Å²) in [6.45, 7) is 2.24. The van der Waals surface area contributed by atoms with Crippen LogP contribution in [0.5, 0.6) is 0 Å². The first kappa shape index (κ1) is 11.5. The first-order valence-corrected chi connectivity index (χ1v) is 5.74. The predicted octanol–water partition coefficient (Wildman–Crippen LogP) is 2.08. The van der Waals surface area contributed by atoms with Crippen LogP contribution >= 0.6 is 0 Å². The van der Waals surface area contributed by atoms with Gasteiger partial charge in [0, 0.05) is 6.07 Å². The Morgan fingerprint density at radius 1 is 1.47 bits per heavy atom. The number of carboxylic acids is 1. The molecule has 0 amide bonds. The van der Waals surface area contributed by atoms with Gasteiger partial charge in [0.25, 0.3) is 0 Å². The zero-order chi connectivity index (χ0) is 13.4. The Hall–Kier alpha value is -2.63. The fourth-order valence-electron chi connectivity index (χ4n) is 2.09. The van der Waals surface area contributed by atoms with Crippen molar-refractivity contribution in [2.75, 3.05) is 0 Å². The van der Waals surface area contributed by atoms with Crippen LogP contribution in [0.4, 0.5) is 0 Å². The molecular formula is C13H11N3O3. The fourth-order valence-corrected chi connectivity index (χ4v) is 2.09. The minimum atomic E-state index is -0.969. The Morgan fingerprint density at radius 3 is 3.00 bits per heavy atom. The molecule has 0 unspecified atom stereocenters. The molecule has 0 atom stereocenters. The van der Waals surface area contributed by atoms with Gasteiger partial charge < -0.3 is 14.2 Å². The topological polar surface area (TPSA) is 81.2 Å². The summed E-state index contributed by atoms with van der Waals surface area (Å²) >= 11 is 0. The zero-order valence-electron chi connectivity index (χ0n) is 10.2. The van der Waals surface area contributed by atoms with Crippen LogP contribution in [-0.2, 0) is 6.54 Å². The van der Waals surface area contributed by atoms with Crippen LogP contribution in [0, 0.1) is 6.92 Å². The maximum absolute atomic E-state index is 11.2. The van der Waals surface area contributed by atoms with E-state index in [9.17, 15) is 9.90 Å². The number of hydrogen-bond donors (Lipinski definition) is 1. The lowest BCUT2D eigenvalue weighted by molar-refractivity contribution is 0.0698. The third kappa shape index (κ3) is 1.97. The molecule has 2 aromatic heterocycles. The lowest BCUT2D eigenvalue weighted by Gasteiger charge is -2.03. The van der Waals surface area contributed by atoms with Gasteiger partial charge in [-0.15, -0.1) is 0 Å². The van der Waals surface area contributed by atoms with Gasteiger partial charge in [0.05, 0.1) is 29.5 Å². The highest BCUT2D eigenvalue weighted by Gasteiger charge is 2.14. The average molecular weight is 257 g/mol. The third-order valence-electron chi connectivity index (χ3n) is 2.88. The first-order valence-electron chi connectivity index (χ1n) is 5.74. The SMILES string of the molecule is Cc1cc(Cn2cnc3cccc(C(=O)O)c32)no1. The molecular weight excluding hydrogens is 246 g/mol. The minimum Gasteiger partial charge on any atom is -0.478 e. The number of carboxylic acid groups (broad SMARTS) is 1. The smallest absolute Gasteiger partial charge is 0.337 e. The molecule has 2 heterocycles. The van der Waals surface area contributed by atoms with Gasteiger partial charge in [0.15, 0.2) is 0 Å². The monoisotopic (exact) mass is 257 g/mol. The maximum Gasteiger partial charge on any atom is 0.337 e. The standard InChI is InChI=1S/C13H11N3O3/c1-8-5-9(15-19-8)6-16-7-14-11-4-2-3-10(12(11)16)13(17)18/h2-5,7H,6H2,1H3,(H,17,18). The van der Waals surface area contributed by atoms with Gasteiger partial charge >= 0.3 is 5.97 Å². The Kier molecular flexibility index (Phi) is 2.56. The Bertz CT molecular complexity index is 757. The van der Waals surface area contributed by atoms with Crippen molar-refractivity contribution in [2.24, 2.45) is 0 Å². The summed E-state index contributed by atoms with van der Waals surface area (Å²) < 4.78 is 6.76. The van der Waals surface area contributed by atoms with Crippen molar-refractivity contribution in [1.29, 1.82) is 0 Å². The highest BCUT2D eigenvalue weighted by atomic mass is 16.5. The summed E-state index contributed by atoms with van der Waals surface area (Å²) in [4.78, 5) is 15.5. The summed E-state index contributed by atoms with van der Waals surface area (Å²) in [6.07, 6.45) is 1.61. The van der Waals surface area contributed by atoms with E-state index in [-0.39, 0.29) is 5.56 Å². The van der Waals surface area contributed by atoms with Gasteiger partial charge in [-0.05, 0) is 19.1 Å². The molecule has 0 saturated carbocycles. The van der Waals surface area contributed by atoms with Crippen molar-refractivity contribution in [3.05, 3.63) is 47.6 Å². The summed E-state index contributed by atoms with van der Waals surface area (Å²) in [6, 6.07) is 6.85. The minimum absolute atomic E-state index is 0.232. The normalized spacial score (nSPS) is 11.0. The zero-order valence-corrected chi connectivity index (χ0v) is 10.2. The molecule has 1 aromatic carbocycles. The van der Waals surface area contributed by atoms with Gasteiger partial charge in [-0.2, -0.15) is 0 Å². The molecule has 6 nitrogen and oxygen atoms in total. The summed E-state index contributed by atoms with van der Waals surface area (Å²) in [5.41, 5.74) is 2.21. The highest BCUT2D eigenvalue weighted by molar-refractivity contribution is 6.01. The molecule has 1 N–H and O–H groups in total.